The van der Waals surface area contributed by atoms with Crippen LogP contribution in [0.5, 0.6) is 0 Å². The lowest BCUT2D eigenvalue weighted by Gasteiger charge is -2.35. The van der Waals surface area contributed by atoms with Gasteiger partial charge in [-0.05, 0) is 42.3 Å². The van der Waals surface area contributed by atoms with Crippen LogP contribution >= 0.6 is 23.2 Å². The third-order valence-corrected chi connectivity index (χ3v) is 6.94. The third-order valence-electron chi connectivity index (χ3n) is 6.20. The molecule has 2 N–H and O–H groups in total. The zero-order chi connectivity index (χ0) is 24.5. The average molecular weight is 504 g/mol. The number of anilines is 2. The van der Waals surface area contributed by atoms with Crippen LogP contribution in [0.1, 0.15) is 24.1 Å². The highest BCUT2D eigenvalue weighted by Gasteiger charge is 2.41. The van der Waals surface area contributed by atoms with E-state index in [2.05, 4.69) is 5.10 Å². The fraction of sp³-hybridized carbons (Fsp3) is 0.148. The lowest BCUT2D eigenvalue weighted by molar-refractivity contribution is -0.121. The lowest BCUT2D eigenvalue weighted by Crippen LogP contribution is -2.44. The highest BCUT2D eigenvalue weighted by molar-refractivity contribution is 6.42. The molecule has 6 nitrogen and oxygen atoms in total. The maximum absolute atomic E-state index is 14.4. The van der Waals surface area contributed by atoms with Crippen molar-refractivity contribution in [3.05, 3.63) is 106 Å². The van der Waals surface area contributed by atoms with E-state index in [-0.39, 0.29) is 5.91 Å². The Bertz CT molecular complexity index is 1420. The number of rotatable bonds is 5. The van der Waals surface area contributed by atoms with Gasteiger partial charge in [-0.25, -0.2) is 9.67 Å². The van der Waals surface area contributed by atoms with Gasteiger partial charge in [0.15, 0.2) is 5.82 Å². The monoisotopic (exact) mass is 503 g/mol. The van der Waals surface area contributed by atoms with Gasteiger partial charge in [0.25, 0.3) is 0 Å². The summed E-state index contributed by atoms with van der Waals surface area (Å²) in [6.45, 7) is 2.23. The van der Waals surface area contributed by atoms with Gasteiger partial charge in [-0.15, -0.1) is 0 Å². The molecule has 0 radical (unpaired) electrons. The van der Waals surface area contributed by atoms with Crippen LogP contribution in [0.4, 0.5) is 17.2 Å². The number of nitrogens with zero attached hydrogens (tertiary/aromatic N) is 4. The van der Waals surface area contributed by atoms with Crippen LogP contribution < -0.4 is 10.6 Å². The number of nitrogen functional groups attached to an aromatic ring is 1. The maximum atomic E-state index is 14.4. The molecule has 5 rings (SSSR count). The number of halogens is 2. The SMILES string of the molecule is CC1=Nc2ccnn2C(c2ccc(Cl)c(Cl)c2)C1C(=O)N(Cc1ccccc1)c1ccccc1N. The van der Waals surface area contributed by atoms with Gasteiger partial charge in [-0.1, -0.05) is 71.7 Å². The van der Waals surface area contributed by atoms with Gasteiger partial charge in [0.1, 0.15) is 5.92 Å². The maximum Gasteiger partial charge on any atom is 0.238 e. The molecule has 176 valence electrons. The van der Waals surface area contributed by atoms with Gasteiger partial charge in [0.2, 0.25) is 5.91 Å². The van der Waals surface area contributed by atoms with Crippen LogP contribution in [-0.2, 0) is 11.3 Å². The molecule has 0 saturated carbocycles. The van der Waals surface area contributed by atoms with Crippen molar-refractivity contribution in [1.29, 1.82) is 0 Å². The number of hydrogen-bond donors (Lipinski definition) is 1. The smallest absolute Gasteiger partial charge is 0.238 e. The van der Waals surface area contributed by atoms with Crippen LogP contribution in [-0.4, -0.2) is 21.4 Å². The quantitative estimate of drug-likeness (QED) is 0.323. The van der Waals surface area contributed by atoms with Crippen molar-refractivity contribution in [2.75, 3.05) is 10.6 Å². The summed E-state index contributed by atoms with van der Waals surface area (Å²) in [5.74, 6) is -0.0929. The molecule has 2 atom stereocenters. The molecular formula is C27H23Cl2N5O. The first-order valence-electron chi connectivity index (χ1n) is 11.2. The van der Waals surface area contributed by atoms with Crippen LogP contribution in [0.25, 0.3) is 0 Å². The minimum atomic E-state index is -0.636. The summed E-state index contributed by atoms with van der Waals surface area (Å²) in [5, 5.41) is 5.37. The molecule has 2 heterocycles. The minimum Gasteiger partial charge on any atom is -0.397 e. The van der Waals surface area contributed by atoms with Gasteiger partial charge in [-0.2, -0.15) is 5.10 Å². The molecule has 1 amide bonds. The van der Waals surface area contributed by atoms with E-state index in [9.17, 15) is 4.79 Å². The second-order valence-electron chi connectivity index (χ2n) is 8.45. The first-order chi connectivity index (χ1) is 16.9. The number of aliphatic imine (C=N–C) groups is 1. The Morgan fingerprint density at radius 3 is 2.49 bits per heavy atom. The summed E-state index contributed by atoms with van der Waals surface area (Å²) < 4.78 is 1.77. The van der Waals surface area contributed by atoms with E-state index in [4.69, 9.17) is 33.9 Å². The zero-order valence-corrected chi connectivity index (χ0v) is 20.5. The topological polar surface area (TPSA) is 76.5 Å². The van der Waals surface area contributed by atoms with E-state index in [0.717, 1.165) is 11.1 Å². The fourth-order valence-corrected chi connectivity index (χ4v) is 4.83. The fourth-order valence-electron chi connectivity index (χ4n) is 4.52. The Hall–Kier alpha value is -3.61. The molecule has 35 heavy (non-hydrogen) atoms. The molecule has 0 fully saturated rings. The highest BCUT2D eigenvalue weighted by atomic mass is 35.5. The van der Waals surface area contributed by atoms with Crippen molar-refractivity contribution >= 4 is 52.0 Å². The van der Waals surface area contributed by atoms with Gasteiger partial charge in [0.05, 0.1) is 40.2 Å². The van der Waals surface area contributed by atoms with E-state index in [0.29, 0.717) is 39.5 Å². The van der Waals surface area contributed by atoms with Crippen LogP contribution in [0.3, 0.4) is 0 Å². The van der Waals surface area contributed by atoms with Crippen molar-refractivity contribution in [3.63, 3.8) is 0 Å². The van der Waals surface area contributed by atoms with E-state index < -0.39 is 12.0 Å². The van der Waals surface area contributed by atoms with E-state index in [1.807, 2.05) is 67.6 Å². The number of para-hydroxylation sites is 2. The Kier molecular flexibility index (Phi) is 6.32. The summed E-state index contributed by atoms with van der Waals surface area (Å²) in [5.41, 5.74) is 10.0. The number of carbonyl (C=O) groups is 1. The Morgan fingerprint density at radius 1 is 1.00 bits per heavy atom. The number of carbonyl (C=O) groups excluding carboxylic acids is 1. The van der Waals surface area contributed by atoms with Gasteiger partial charge < -0.3 is 10.6 Å². The molecule has 0 bridgehead atoms. The molecule has 3 aromatic carbocycles. The predicted octanol–water partition coefficient (Wildman–Crippen LogP) is 6.32. The number of benzene rings is 3. The van der Waals surface area contributed by atoms with E-state index in [1.165, 1.54) is 0 Å². The largest absolute Gasteiger partial charge is 0.397 e. The zero-order valence-electron chi connectivity index (χ0n) is 19.0. The summed E-state index contributed by atoms with van der Waals surface area (Å²) in [6, 6.07) is 24.0. The number of nitrogens with two attached hydrogens (primary N) is 1. The number of amides is 1. The lowest BCUT2D eigenvalue weighted by atomic mass is 9.86. The molecule has 8 heteroatoms. The molecule has 2 unspecified atom stereocenters. The first-order valence-corrected chi connectivity index (χ1v) is 11.9. The van der Waals surface area contributed by atoms with Crippen LogP contribution in [0, 0.1) is 5.92 Å². The Morgan fingerprint density at radius 2 is 1.74 bits per heavy atom. The number of aromatic nitrogens is 2. The third kappa shape index (κ3) is 4.43. The molecule has 0 aliphatic carbocycles. The number of hydrogen-bond acceptors (Lipinski definition) is 4. The number of fused-ring (bicyclic) bond motifs is 1. The predicted molar refractivity (Wildman–Crippen MR) is 142 cm³/mol. The van der Waals surface area contributed by atoms with Gasteiger partial charge in [-0.3, -0.25) is 4.79 Å². The molecule has 1 aliphatic rings. The van der Waals surface area contributed by atoms with Gasteiger partial charge >= 0.3 is 0 Å². The molecule has 1 aliphatic heterocycles. The molecule has 0 spiro atoms. The molecule has 1 aromatic heterocycles. The van der Waals surface area contributed by atoms with Crippen molar-refractivity contribution in [1.82, 2.24) is 9.78 Å². The normalized spacial score (nSPS) is 16.9. The van der Waals surface area contributed by atoms with Crippen molar-refractivity contribution in [3.8, 4) is 0 Å². The van der Waals surface area contributed by atoms with Crippen molar-refractivity contribution in [2.24, 2.45) is 10.9 Å². The van der Waals surface area contributed by atoms with Crippen molar-refractivity contribution in [2.45, 2.75) is 19.5 Å². The average Bonchev–Trinajstić information content (AvgIpc) is 3.32. The first kappa shape index (κ1) is 23.1. The standard InChI is InChI=1S/C27H23Cl2N5O/c1-17-25(26(34-24(32-17)13-14-31-34)19-11-12-20(28)21(29)15-19)27(35)33(16-18-7-3-2-4-8-18)23-10-6-5-9-22(23)30/h2-15,25-26H,16,30H2,1H3. The van der Waals surface area contributed by atoms with E-state index >= 15 is 0 Å². The summed E-state index contributed by atoms with van der Waals surface area (Å²) in [4.78, 5) is 20.9. The second-order valence-corrected chi connectivity index (χ2v) is 9.27. The van der Waals surface area contributed by atoms with E-state index in [1.54, 1.807) is 34.0 Å². The summed E-state index contributed by atoms with van der Waals surface area (Å²) in [7, 11) is 0. The Labute approximate surface area is 213 Å². The summed E-state index contributed by atoms with van der Waals surface area (Å²) >= 11 is 12.6. The van der Waals surface area contributed by atoms with Crippen molar-refractivity contribution < 1.29 is 4.79 Å². The Balaban J connectivity index is 1.64. The minimum absolute atomic E-state index is 0.134. The second kappa shape index (κ2) is 9.56. The molecule has 4 aromatic rings. The highest BCUT2D eigenvalue weighted by Crippen LogP contribution is 2.40. The van der Waals surface area contributed by atoms with Crippen LogP contribution in [0.15, 0.2) is 90.1 Å². The van der Waals surface area contributed by atoms with Crippen LogP contribution in [0.2, 0.25) is 10.0 Å². The summed E-state index contributed by atoms with van der Waals surface area (Å²) in [6.07, 6.45) is 1.68. The molecule has 0 saturated heterocycles. The molecular weight excluding hydrogens is 481 g/mol. The van der Waals surface area contributed by atoms with Gasteiger partial charge in [0, 0.05) is 11.8 Å².